The predicted molar refractivity (Wildman–Crippen MR) is 115 cm³/mol. The normalized spacial score (nSPS) is 17.2. The molecule has 0 aliphatic carbocycles. The third-order valence-corrected chi connectivity index (χ3v) is 6.68. The average molecular weight is 406 g/mol. The number of thiazole rings is 1. The molecule has 29 heavy (non-hydrogen) atoms. The lowest BCUT2D eigenvalue weighted by Crippen LogP contribution is -2.23. The van der Waals surface area contributed by atoms with Crippen LogP contribution in [0.4, 0.5) is 0 Å². The molecule has 0 bridgehead atoms. The number of rotatable bonds is 5. The van der Waals surface area contributed by atoms with Gasteiger partial charge in [-0.05, 0) is 50.6 Å². The first-order chi connectivity index (χ1) is 14.2. The van der Waals surface area contributed by atoms with E-state index in [1.165, 1.54) is 16.1 Å². The van der Waals surface area contributed by atoms with Gasteiger partial charge < -0.3 is 9.15 Å². The molecule has 5 rings (SSSR count). The summed E-state index contributed by atoms with van der Waals surface area (Å²) in [7, 11) is 1.67. The highest BCUT2D eigenvalue weighted by molar-refractivity contribution is 7.18. The van der Waals surface area contributed by atoms with Gasteiger partial charge in [0.05, 0.1) is 34.6 Å². The van der Waals surface area contributed by atoms with E-state index in [-0.39, 0.29) is 0 Å². The second-order valence-corrected chi connectivity index (χ2v) is 8.43. The van der Waals surface area contributed by atoms with E-state index >= 15 is 0 Å². The Labute approximate surface area is 174 Å². The van der Waals surface area contributed by atoms with E-state index in [0.717, 1.165) is 47.8 Å². The Morgan fingerprint density at radius 2 is 1.97 bits per heavy atom. The standard InChI is InChI=1S/C23H23N3O2S/c1-15-18(24-22(28-15)16-8-3-5-11-20(16)27-2)14-26-13-7-10-19(26)23-25-17-9-4-6-12-21(17)29-23/h3-6,8-9,11-12,19H,7,10,13-14H2,1-2H3/t19-/m1/s1. The van der Waals surface area contributed by atoms with Crippen LogP contribution in [-0.4, -0.2) is 28.5 Å². The third-order valence-electron chi connectivity index (χ3n) is 5.54. The molecular weight excluding hydrogens is 382 g/mol. The lowest BCUT2D eigenvalue weighted by molar-refractivity contribution is 0.244. The summed E-state index contributed by atoms with van der Waals surface area (Å²) in [6, 6.07) is 16.6. The number of oxazole rings is 1. The Bertz CT molecular complexity index is 1120. The molecule has 0 radical (unpaired) electrons. The van der Waals surface area contributed by atoms with Crippen molar-refractivity contribution < 1.29 is 9.15 Å². The second kappa shape index (κ2) is 7.61. The van der Waals surface area contributed by atoms with Crippen LogP contribution in [0.5, 0.6) is 5.75 Å². The molecule has 148 valence electrons. The number of nitrogens with zero attached hydrogens (tertiary/aromatic N) is 3. The number of aromatic nitrogens is 2. The molecule has 4 aromatic rings. The molecule has 1 aliphatic heterocycles. The minimum atomic E-state index is 0.346. The molecule has 1 saturated heterocycles. The first-order valence-corrected chi connectivity index (χ1v) is 10.7. The number of aryl methyl sites for hydroxylation is 1. The summed E-state index contributed by atoms with van der Waals surface area (Å²) in [5.74, 6) is 2.25. The summed E-state index contributed by atoms with van der Waals surface area (Å²) in [6.07, 6.45) is 2.31. The van der Waals surface area contributed by atoms with E-state index in [0.29, 0.717) is 11.9 Å². The first-order valence-electron chi connectivity index (χ1n) is 9.92. The van der Waals surface area contributed by atoms with Gasteiger partial charge in [-0.1, -0.05) is 24.3 Å². The molecule has 3 heterocycles. The number of hydrogen-bond acceptors (Lipinski definition) is 6. The maximum Gasteiger partial charge on any atom is 0.230 e. The molecule has 0 unspecified atom stereocenters. The third kappa shape index (κ3) is 3.43. The van der Waals surface area contributed by atoms with Gasteiger partial charge in [-0.3, -0.25) is 4.90 Å². The van der Waals surface area contributed by atoms with Crippen LogP contribution in [0.1, 0.15) is 35.3 Å². The van der Waals surface area contributed by atoms with Crippen molar-refractivity contribution in [1.29, 1.82) is 0 Å². The highest BCUT2D eigenvalue weighted by atomic mass is 32.1. The molecule has 6 heteroatoms. The van der Waals surface area contributed by atoms with Gasteiger partial charge >= 0.3 is 0 Å². The van der Waals surface area contributed by atoms with Crippen LogP contribution in [0.2, 0.25) is 0 Å². The monoisotopic (exact) mass is 405 g/mol. The van der Waals surface area contributed by atoms with Crippen molar-refractivity contribution in [2.75, 3.05) is 13.7 Å². The van der Waals surface area contributed by atoms with E-state index in [1.807, 2.05) is 31.2 Å². The van der Waals surface area contributed by atoms with Crippen LogP contribution in [-0.2, 0) is 6.54 Å². The van der Waals surface area contributed by atoms with Crippen molar-refractivity contribution in [2.24, 2.45) is 0 Å². The van der Waals surface area contributed by atoms with Gasteiger partial charge in [-0.15, -0.1) is 11.3 Å². The topological polar surface area (TPSA) is 51.4 Å². The number of likely N-dealkylation sites (tertiary alicyclic amines) is 1. The fourth-order valence-corrected chi connectivity index (χ4v) is 5.17. The molecule has 0 spiro atoms. The van der Waals surface area contributed by atoms with E-state index in [4.69, 9.17) is 19.1 Å². The number of para-hydroxylation sites is 2. The Balaban J connectivity index is 1.41. The fraction of sp³-hybridized carbons (Fsp3) is 0.304. The van der Waals surface area contributed by atoms with Gasteiger partial charge in [0.1, 0.15) is 16.5 Å². The fourth-order valence-electron chi connectivity index (χ4n) is 4.03. The summed E-state index contributed by atoms with van der Waals surface area (Å²) >= 11 is 1.81. The van der Waals surface area contributed by atoms with Crippen LogP contribution in [0.25, 0.3) is 21.7 Å². The van der Waals surface area contributed by atoms with Crippen LogP contribution >= 0.6 is 11.3 Å². The summed E-state index contributed by atoms with van der Waals surface area (Å²) in [6.45, 7) is 3.81. The van der Waals surface area contributed by atoms with Crippen LogP contribution in [0, 0.1) is 6.92 Å². The van der Waals surface area contributed by atoms with Crippen LogP contribution in [0.3, 0.4) is 0 Å². The van der Waals surface area contributed by atoms with E-state index in [9.17, 15) is 0 Å². The maximum atomic E-state index is 6.01. The van der Waals surface area contributed by atoms with Crippen molar-refractivity contribution >= 4 is 21.6 Å². The summed E-state index contributed by atoms with van der Waals surface area (Å²) in [4.78, 5) is 12.2. The molecular formula is C23H23N3O2S. The van der Waals surface area contributed by atoms with Gasteiger partial charge in [0.15, 0.2) is 0 Å². The van der Waals surface area contributed by atoms with Gasteiger partial charge in [0.2, 0.25) is 5.89 Å². The van der Waals surface area contributed by atoms with Crippen molar-refractivity contribution in [3.05, 3.63) is 65.0 Å². The molecule has 5 nitrogen and oxygen atoms in total. The van der Waals surface area contributed by atoms with E-state index < -0.39 is 0 Å². The summed E-state index contributed by atoms with van der Waals surface area (Å²) in [5.41, 5.74) is 2.96. The van der Waals surface area contributed by atoms with Crippen LogP contribution < -0.4 is 4.74 Å². The van der Waals surface area contributed by atoms with Crippen molar-refractivity contribution in [2.45, 2.75) is 32.4 Å². The van der Waals surface area contributed by atoms with E-state index in [1.54, 1.807) is 18.4 Å². The zero-order valence-corrected chi connectivity index (χ0v) is 17.4. The van der Waals surface area contributed by atoms with Gasteiger partial charge in [0, 0.05) is 6.54 Å². The SMILES string of the molecule is COc1ccccc1-c1nc(CN2CCC[C@@H]2c2nc3ccccc3s2)c(C)o1. The molecule has 2 aromatic heterocycles. The lowest BCUT2D eigenvalue weighted by atomic mass is 10.2. The molecule has 0 N–H and O–H groups in total. The Kier molecular flexibility index (Phi) is 4.81. The highest BCUT2D eigenvalue weighted by Gasteiger charge is 2.30. The zero-order chi connectivity index (χ0) is 19.8. The minimum absolute atomic E-state index is 0.346. The summed E-state index contributed by atoms with van der Waals surface area (Å²) < 4.78 is 12.7. The molecule has 2 aromatic carbocycles. The number of ether oxygens (including phenoxy) is 1. The number of hydrogen-bond donors (Lipinski definition) is 0. The minimum Gasteiger partial charge on any atom is -0.496 e. The van der Waals surface area contributed by atoms with Crippen LogP contribution in [0.15, 0.2) is 52.9 Å². The molecule has 0 amide bonds. The molecule has 0 saturated carbocycles. The lowest BCUT2D eigenvalue weighted by Gasteiger charge is -2.21. The van der Waals surface area contributed by atoms with Gasteiger partial charge in [-0.2, -0.15) is 0 Å². The number of benzene rings is 2. The quantitative estimate of drug-likeness (QED) is 0.432. The largest absolute Gasteiger partial charge is 0.496 e. The van der Waals surface area contributed by atoms with Gasteiger partial charge in [-0.25, -0.2) is 9.97 Å². The molecule has 1 aliphatic rings. The zero-order valence-electron chi connectivity index (χ0n) is 16.6. The molecule has 1 atom stereocenters. The average Bonchev–Trinajstić information content (AvgIpc) is 3.46. The number of fused-ring (bicyclic) bond motifs is 1. The first kappa shape index (κ1) is 18.3. The second-order valence-electron chi connectivity index (χ2n) is 7.37. The van der Waals surface area contributed by atoms with Gasteiger partial charge in [0.25, 0.3) is 0 Å². The smallest absolute Gasteiger partial charge is 0.230 e. The predicted octanol–water partition coefficient (Wildman–Crippen LogP) is 5.61. The van der Waals surface area contributed by atoms with Crippen molar-refractivity contribution in [1.82, 2.24) is 14.9 Å². The molecule has 1 fully saturated rings. The van der Waals surface area contributed by atoms with E-state index in [2.05, 4.69) is 29.2 Å². The van der Waals surface area contributed by atoms with Crippen molar-refractivity contribution in [3.63, 3.8) is 0 Å². The Morgan fingerprint density at radius 1 is 1.14 bits per heavy atom. The number of methoxy groups -OCH3 is 1. The maximum absolute atomic E-state index is 6.01. The Hall–Kier alpha value is -2.70. The summed E-state index contributed by atoms with van der Waals surface area (Å²) in [5, 5.41) is 1.20. The van der Waals surface area contributed by atoms with Crippen molar-refractivity contribution in [3.8, 4) is 17.2 Å². The Morgan fingerprint density at radius 3 is 2.83 bits per heavy atom. The highest BCUT2D eigenvalue weighted by Crippen LogP contribution is 2.38.